The largest absolute Gasteiger partial charge is 0.497 e. The van der Waals surface area contributed by atoms with Gasteiger partial charge in [-0.05, 0) is 31.9 Å². The summed E-state index contributed by atoms with van der Waals surface area (Å²) in [4.78, 5) is 23.5. The molecule has 1 N–H and O–H groups in total. The molecule has 0 bridgehead atoms. The van der Waals surface area contributed by atoms with Crippen LogP contribution in [0, 0.1) is 5.92 Å². The molecule has 0 saturated carbocycles. The smallest absolute Gasteiger partial charge is 0.260 e. The van der Waals surface area contributed by atoms with Crippen LogP contribution in [0.5, 0.6) is 11.5 Å². The lowest BCUT2D eigenvalue weighted by Crippen LogP contribution is -2.38. The maximum atomic E-state index is 11.9. The zero-order valence-corrected chi connectivity index (χ0v) is 13.2. The molecule has 0 fully saturated rings. The number of carbonyl (C=O) groups excluding carboxylic acids is 2. The Labute approximate surface area is 125 Å². The maximum Gasteiger partial charge on any atom is 0.260 e. The summed E-state index contributed by atoms with van der Waals surface area (Å²) in [6.07, 6.45) is -0.686. The van der Waals surface area contributed by atoms with Gasteiger partial charge in [0.25, 0.3) is 5.91 Å². The van der Waals surface area contributed by atoms with Gasteiger partial charge in [0.2, 0.25) is 0 Å². The summed E-state index contributed by atoms with van der Waals surface area (Å²) in [6.45, 7) is 7.73. The first-order valence-electron chi connectivity index (χ1n) is 6.98. The number of hydrogen-bond donors (Lipinski definition) is 1. The van der Waals surface area contributed by atoms with Crippen molar-refractivity contribution >= 4 is 11.7 Å². The zero-order chi connectivity index (χ0) is 16.0. The summed E-state index contributed by atoms with van der Waals surface area (Å²) in [7, 11) is 1.53. The highest BCUT2D eigenvalue weighted by Crippen LogP contribution is 2.26. The highest BCUT2D eigenvalue weighted by molar-refractivity contribution is 5.97. The van der Waals surface area contributed by atoms with Crippen molar-refractivity contribution in [2.75, 3.05) is 13.7 Å². The second kappa shape index (κ2) is 7.67. The average molecular weight is 293 g/mol. The molecule has 21 heavy (non-hydrogen) atoms. The normalized spacial score (nSPS) is 11.9. The Morgan fingerprint density at radius 3 is 2.43 bits per heavy atom. The number of methoxy groups -OCH3 is 1. The minimum atomic E-state index is -0.686. The van der Waals surface area contributed by atoms with Crippen LogP contribution in [-0.2, 0) is 4.79 Å². The maximum absolute atomic E-state index is 11.9. The van der Waals surface area contributed by atoms with Gasteiger partial charge in [-0.3, -0.25) is 9.59 Å². The van der Waals surface area contributed by atoms with Crippen molar-refractivity contribution in [1.29, 1.82) is 0 Å². The molecule has 1 aromatic rings. The van der Waals surface area contributed by atoms with Crippen molar-refractivity contribution in [2.45, 2.75) is 33.8 Å². The molecule has 0 heterocycles. The van der Waals surface area contributed by atoms with Crippen LogP contribution < -0.4 is 14.8 Å². The fourth-order valence-corrected chi connectivity index (χ4v) is 1.71. The van der Waals surface area contributed by atoms with Gasteiger partial charge in [0.05, 0.1) is 12.7 Å². The predicted octanol–water partition coefficient (Wildman–Crippen LogP) is 2.44. The first-order valence-corrected chi connectivity index (χ1v) is 6.98. The Balaban J connectivity index is 2.85. The van der Waals surface area contributed by atoms with Crippen LogP contribution in [0.25, 0.3) is 0 Å². The van der Waals surface area contributed by atoms with Crippen molar-refractivity contribution in [3.63, 3.8) is 0 Å². The van der Waals surface area contributed by atoms with E-state index in [-0.39, 0.29) is 11.7 Å². The van der Waals surface area contributed by atoms with Gasteiger partial charge in [0.15, 0.2) is 11.9 Å². The van der Waals surface area contributed by atoms with Crippen molar-refractivity contribution in [3.05, 3.63) is 23.8 Å². The summed E-state index contributed by atoms with van der Waals surface area (Å²) in [5.41, 5.74) is 0.430. The lowest BCUT2D eigenvalue weighted by Gasteiger charge is -2.17. The van der Waals surface area contributed by atoms with E-state index in [2.05, 4.69) is 5.32 Å². The van der Waals surface area contributed by atoms with Crippen LogP contribution in [0.3, 0.4) is 0 Å². The second-order valence-corrected chi connectivity index (χ2v) is 5.32. The second-order valence-electron chi connectivity index (χ2n) is 5.32. The number of Topliss-reactive ketones (excluding diaryl/α,β-unsaturated/α-hetero) is 1. The fraction of sp³-hybridized carbons (Fsp3) is 0.500. The average Bonchev–Trinajstić information content (AvgIpc) is 2.43. The third-order valence-corrected chi connectivity index (χ3v) is 2.93. The highest BCUT2D eigenvalue weighted by atomic mass is 16.5. The van der Waals surface area contributed by atoms with Crippen LogP contribution >= 0.6 is 0 Å². The molecule has 0 aromatic heterocycles. The summed E-state index contributed by atoms with van der Waals surface area (Å²) < 4.78 is 10.7. The molecule has 0 aliphatic rings. The Bertz CT molecular complexity index is 511. The molecule has 0 spiro atoms. The van der Waals surface area contributed by atoms with E-state index in [1.165, 1.54) is 14.0 Å². The van der Waals surface area contributed by atoms with Crippen LogP contribution in [0.2, 0.25) is 0 Å². The molecular formula is C16H23NO4. The standard InChI is InChI=1S/C16H23NO4/c1-10(2)9-17-16(19)12(4)21-15-8-13(20-5)6-7-14(15)11(3)18/h6-8,10,12H,9H2,1-5H3,(H,17,19). The van der Waals surface area contributed by atoms with Crippen LogP contribution in [0.4, 0.5) is 0 Å². The molecule has 116 valence electrons. The Morgan fingerprint density at radius 2 is 1.90 bits per heavy atom. The highest BCUT2D eigenvalue weighted by Gasteiger charge is 2.18. The predicted molar refractivity (Wildman–Crippen MR) is 80.9 cm³/mol. The molecule has 1 unspecified atom stereocenters. The van der Waals surface area contributed by atoms with E-state index in [0.717, 1.165) is 0 Å². The van der Waals surface area contributed by atoms with E-state index in [0.29, 0.717) is 29.5 Å². The molecular weight excluding hydrogens is 270 g/mol. The van der Waals surface area contributed by atoms with Crippen molar-refractivity contribution in [2.24, 2.45) is 5.92 Å². The van der Waals surface area contributed by atoms with Crippen LogP contribution in [0.1, 0.15) is 38.1 Å². The monoisotopic (exact) mass is 293 g/mol. The van der Waals surface area contributed by atoms with E-state index in [1.807, 2.05) is 13.8 Å². The number of hydrogen-bond acceptors (Lipinski definition) is 4. The van der Waals surface area contributed by atoms with Gasteiger partial charge in [0.1, 0.15) is 11.5 Å². The lowest BCUT2D eigenvalue weighted by atomic mass is 10.1. The summed E-state index contributed by atoms with van der Waals surface area (Å²) in [5.74, 6) is 0.966. The number of amides is 1. The molecule has 5 heteroatoms. The van der Waals surface area contributed by atoms with Gasteiger partial charge in [-0.2, -0.15) is 0 Å². The molecule has 5 nitrogen and oxygen atoms in total. The van der Waals surface area contributed by atoms with Crippen molar-refractivity contribution < 1.29 is 19.1 Å². The summed E-state index contributed by atoms with van der Waals surface area (Å²) >= 11 is 0. The van der Waals surface area contributed by atoms with Gasteiger partial charge in [-0.15, -0.1) is 0 Å². The first-order chi connectivity index (χ1) is 9.85. The van der Waals surface area contributed by atoms with Gasteiger partial charge >= 0.3 is 0 Å². The summed E-state index contributed by atoms with van der Waals surface area (Å²) in [5, 5.41) is 2.80. The number of ether oxygens (including phenoxy) is 2. The first kappa shape index (κ1) is 17.0. The number of rotatable bonds is 7. The molecule has 0 aliphatic carbocycles. The molecule has 1 rings (SSSR count). The van der Waals surface area contributed by atoms with Gasteiger partial charge in [-0.1, -0.05) is 13.8 Å². The molecule has 0 aliphatic heterocycles. The van der Waals surface area contributed by atoms with Gasteiger partial charge in [-0.25, -0.2) is 0 Å². The Kier molecular flexibility index (Phi) is 6.21. The minimum Gasteiger partial charge on any atom is -0.497 e. The topological polar surface area (TPSA) is 64.6 Å². The number of nitrogens with one attached hydrogen (secondary N) is 1. The fourth-order valence-electron chi connectivity index (χ4n) is 1.71. The number of benzene rings is 1. The molecule has 0 saturated heterocycles. The molecule has 1 atom stereocenters. The number of ketones is 1. The lowest BCUT2D eigenvalue weighted by molar-refractivity contribution is -0.127. The van der Waals surface area contributed by atoms with Crippen LogP contribution in [-0.4, -0.2) is 31.4 Å². The third kappa shape index (κ3) is 5.10. The number of carbonyl (C=O) groups is 2. The van der Waals surface area contributed by atoms with E-state index < -0.39 is 6.10 Å². The SMILES string of the molecule is COc1ccc(C(C)=O)c(OC(C)C(=O)NCC(C)C)c1. The molecule has 1 amide bonds. The van der Waals surface area contributed by atoms with Crippen molar-refractivity contribution in [1.82, 2.24) is 5.32 Å². The Hall–Kier alpha value is -2.04. The quantitative estimate of drug-likeness (QED) is 0.784. The van der Waals surface area contributed by atoms with Gasteiger partial charge < -0.3 is 14.8 Å². The van der Waals surface area contributed by atoms with E-state index in [1.54, 1.807) is 25.1 Å². The van der Waals surface area contributed by atoms with Gasteiger partial charge in [0, 0.05) is 12.6 Å². The van der Waals surface area contributed by atoms with Crippen molar-refractivity contribution in [3.8, 4) is 11.5 Å². The van der Waals surface area contributed by atoms with E-state index >= 15 is 0 Å². The molecule has 0 radical (unpaired) electrons. The Morgan fingerprint density at radius 1 is 1.24 bits per heavy atom. The van der Waals surface area contributed by atoms with E-state index in [9.17, 15) is 9.59 Å². The summed E-state index contributed by atoms with van der Waals surface area (Å²) in [6, 6.07) is 4.94. The third-order valence-electron chi connectivity index (χ3n) is 2.93. The minimum absolute atomic E-state index is 0.123. The van der Waals surface area contributed by atoms with Crippen LogP contribution in [0.15, 0.2) is 18.2 Å². The zero-order valence-electron chi connectivity index (χ0n) is 13.2. The molecule has 1 aromatic carbocycles. The van der Waals surface area contributed by atoms with E-state index in [4.69, 9.17) is 9.47 Å².